The van der Waals surface area contributed by atoms with Crippen molar-refractivity contribution >= 4 is 5.91 Å². The Morgan fingerprint density at radius 3 is 2.82 bits per heavy atom. The first-order valence-electron chi connectivity index (χ1n) is 6.30. The number of hydrogen-bond donors (Lipinski definition) is 2. The van der Waals surface area contributed by atoms with Crippen LogP contribution in [0.1, 0.15) is 48.9 Å². The molecule has 0 aromatic carbocycles. The number of nitrogens with two attached hydrogens (primary N) is 1. The van der Waals surface area contributed by atoms with Gasteiger partial charge in [-0.1, -0.05) is 12.8 Å². The van der Waals surface area contributed by atoms with E-state index in [9.17, 15) is 4.79 Å². The third-order valence-corrected chi connectivity index (χ3v) is 3.55. The summed E-state index contributed by atoms with van der Waals surface area (Å²) >= 11 is 0. The molecule has 17 heavy (non-hydrogen) atoms. The monoisotopic (exact) mass is 236 g/mol. The standard InChI is InChI=1S/C13H20N2O2/c1-9(10-4-2-3-5-10)15-13(16)12-7-6-11(8-14)17-12/h6-7,9-10H,2-5,8,14H2,1H3,(H,15,16)/t9-/m1/s1. The van der Waals surface area contributed by atoms with E-state index in [0.29, 0.717) is 24.0 Å². The second-order valence-corrected chi connectivity index (χ2v) is 4.78. The van der Waals surface area contributed by atoms with Crippen LogP contribution in [-0.4, -0.2) is 11.9 Å². The van der Waals surface area contributed by atoms with Gasteiger partial charge in [-0.05, 0) is 37.8 Å². The van der Waals surface area contributed by atoms with Crippen LogP contribution in [0.3, 0.4) is 0 Å². The first-order chi connectivity index (χ1) is 8.20. The molecular formula is C13H20N2O2. The molecule has 1 saturated carbocycles. The third kappa shape index (κ3) is 2.88. The highest BCUT2D eigenvalue weighted by molar-refractivity contribution is 5.91. The number of rotatable bonds is 4. The van der Waals surface area contributed by atoms with Crippen LogP contribution >= 0.6 is 0 Å². The average Bonchev–Trinajstić information content (AvgIpc) is 3.00. The lowest BCUT2D eigenvalue weighted by Gasteiger charge is -2.19. The largest absolute Gasteiger partial charge is 0.455 e. The lowest BCUT2D eigenvalue weighted by molar-refractivity contribution is 0.0897. The molecule has 1 fully saturated rings. The average molecular weight is 236 g/mol. The molecule has 0 radical (unpaired) electrons. The summed E-state index contributed by atoms with van der Waals surface area (Å²) in [6.07, 6.45) is 4.99. The molecule has 0 aliphatic heterocycles. The number of hydrogen-bond acceptors (Lipinski definition) is 3. The van der Waals surface area contributed by atoms with Gasteiger partial charge in [-0.2, -0.15) is 0 Å². The normalized spacial score (nSPS) is 18.2. The second-order valence-electron chi connectivity index (χ2n) is 4.78. The van der Waals surface area contributed by atoms with Gasteiger partial charge in [0.15, 0.2) is 5.76 Å². The van der Waals surface area contributed by atoms with Crippen LogP contribution in [-0.2, 0) is 6.54 Å². The van der Waals surface area contributed by atoms with E-state index in [-0.39, 0.29) is 11.9 Å². The highest BCUT2D eigenvalue weighted by Crippen LogP contribution is 2.27. The van der Waals surface area contributed by atoms with Gasteiger partial charge in [-0.15, -0.1) is 0 Å². The fourth-order valence-corrected chi connectivity index (χ4v) is 2.46. The molecule has 1 atom stereocenters. The van der Waals surface area contributed by atoms with Gasteiger partial charge in [0.05, 0.1) is 6.54 Å². The summed E-state index contributed by atoms with van der Waals surface area (Å²) in [5.74, 6) is 1.48. The SMILES string of the molecule is C[C@@H](NC(=O)c1ccc(CN)o1)C1CCCC1. The topological polar surface area (TPSA) is 68.3 Å². The van der Waals surface area contributed by atoms with Crippen molar-refractivity contribution in [2.24, 2.45) is 11.7 Å². The van der Waals surface area contributed by atoms with Crippen LogP contribution in [0.15, 0.2) is 16.5 Å². The van der Waals surface area contributed by atoms with E-state index in [4.69, 9.17) is 10.2 Å². The summed E-state index contributed by atoms with van der Waals surface area (Å²) in [6, 6.07) is 3.64. The van der Waals surface area contributed by atoms with Crippen molar-refractivity contribution in [2.75, 3.05) is 0 Å². The van der Waals surface area contributed by atoms with E-state index < -0.39 is 0 Å². The van der Waals surface area contributed by atoms with Crippen LogP contribution < -0.4 is 11.1 Å². The van der Waals surface area contributed by atoms with Crippen molar-refractivity contribution in [2.45, 2.75) is 45.2 Å². The molecule has 2 rings (SSSR count). The Morgan fingerprint density at radius 1 is 1.53 bits per heavy atom. The maximum atomic E-state index is 11.9. The Kier molecular flexibility index (Phi) is 3.84. The highest BCUT2D eigenvalue weighted by atomic mass is 16.4. The van der Waals surface area contributed by atoms with Gasteiger partial charge >= 0.3 is 0 Å². The van der Waals surface area contributed by atoms with Gasteiger partial charge in [0, 0.05) is 6.04 Å². The zero-order valence-electron chi connectivity index (χ0n) is 10.2. The minimum Gasteiger partial charge on any atom is -0.455 e. The Balaban J connectivity index is 1.91. The van der Waals surface area contributed by atoms with Crippen molar-refractivity contribution in [3.63, 3.8) is 0 Å². The van der Waals surface area contributed by atoms with E-state index in [2.05, 4.69) is 12.2 Å². The predicted octanol–water partition coefficient (Wildman–Crippen LogP) is 2.05. The van der Waals surface area contributed by atoms with E-state index in [1.165, 1.54) is 25.7 Å². The molecule has 0 spiro atoms. The molecule has 1 amide bonds. The summed E-state index contributed by atoms with van der Waals surface area (Å²) < 4.78 is 5.32. The van der Waals surface area contributed by atoms with Gasteiger partial charge in [0.1, 0.15) is 5.76 Å². The van der Waals surface area contributed by atoms with Crippen molar-refractivity contribution in [1.82, 2.24) is 5.32 Å². The van der Waals surface area contributed by atoms with Crippen LogP contribution in [0.5, 0.6) is 0 Å². The van der Waals surface area contributed by atoms with Gasteiger partial charge in [-0.3, -0.25) is 4.79 Å². The Hall–Kier alpha value is -1.29. The minimum absolute atomic E-state index is 0.135. The molecule has 94 valence electrons. The molecule has 1 aliphatic carbocycles. The fraction of sp³-hybridized carbons (Fsp3) is 0.615. The zero-order chi connectivity index (χ0) is 12.3. The molecule has 1 aromatic rings. The summed E-state index contributed by atoms with van der Waals surface area (Å²) in [5, 5.41) is 3.00. The maximum Gasteiger partial charge on any atom is 0.287 e. The molecule has 0 saturated heterocycles. The third-order valence-electron chi connectivity index (χ3n) is 3.55. The van der Waals surface area contributed by atoms with Gasteiger partial charge in [0.2, 0.25) is 0 Å². The van der Waals surface area contributed by atoms with E-state index in [0.717, 1.165) is 0 Å². The van der Waals surface area contributed by atoms with Crippen molar-refractivity contribution < 1.29 is 9.21 Å². The lowest BCUT2D eigenvalue weighted by Crippen LogP contribution is -2.37. The Labute approximate surface area is 102 Å². The fourth-order valence-electron chi connectivity index (χ4n) is 2.46. The van der Waals surface area contributed by atoms with Gasteiger partial charge in [0.25, 0.3) is 5.91 Å². The zero-order valence-corrected chi connectivity index (χ0v) is 10.2. The number of carbonyl (C=O) groups is 1. The molecule has 1 heterocycles. The van der Waals surface area contributed by atoms with Crippen LogP contribution in [0.4, 0.5) is 0 Å². The van der Waals surface area contributed by atoms with Gasteiger partial charge in [-0.25, -0.2) is 0 Å². The van der Waals surface area contributed by atoms with Crippen molar-refractivity contribution in [3.05, 3.63) is 23.7 Å². The van der Waals surface area contributed by atoms with Crippen LogP contribution in [0.2, 0.25) is 0 Å². The van der Waals surface area contributed by atoms with E-state index in [1.807, 2.05) is 0 Å². The molecule has 1 aliphatic rings. The highest BCUT2D eigenvalue weighted by Gasteiger charge is 2.23. The second kappa shape index (κ2) is 5.36. The molecule has 3 N–H and O–H groups in total. The number of nitrogens with one attached hydrogen (secondary N) is 1. The van der Waals surface area contributed by atoms with E-state index >= 15 is 0 Å². The summed E-state index contributed by atoms with van der Waals surface area (Å²) in [4.78, 5) is 11.9. The van der Waals surface area contributed by atoms with Crippen molar-refractivity contribution in [1.29, 1.82) is 0 Å². The first-order valence-corrected chi connectivity index (χ1v) is 6.30. The number of carbonyl (C=O) groups excluding carboxylic acids is 1. The smallest absolute Gasteiger partial charge is 0.287 e. The van der Waals surface area contributed by atoms with E-state index in [1.54, 1.807) is 12.1 Å². The molecular weight excluding hydrogens is 216 g/mol. The summed E-state index contributed by atoms with van der Waals surface area (Å²) in [6.45, 7) is 2.39. The first kappa shape index (κ1) is 12.2. The summed E-state index contributed by atoms with van der Waals surface area (Å²) in [7, 11) is 0. The molecule has 0 bridgehead atoms. The number of amides is 1. The maximum absolute atomic E-state index is 11.9. The van der Waals surface area contributed by atoms with Crippen LogP contribution in [0, 0.1) is 5.92 Å². The summed E-state index contributed by atoms with van der Waals surface area (Å²) in [5.41, 5.74) is 5.44. The lowest BCUT2D eigenvalue weighted by atomic mass is 10.00. The van der Waals surface area contributed by atoms with Crippen molar-refractivity contribution in [3.8, 4) is 0 Å². The Morgan fingerprint density at radius 2 is 2.24 bits per heavy atom. The molecule has 4 nitrogen and oxygen atoms in total. The molecule has 4 heteroatoms. The minimum atomic E-state index is -0.135. The Bertz CT molecular complexity index is 381. The molecule has 1 aromatic heterocycles. The predicted molar refractivity (Wildman–Crippen MR) is 65.5 cm³/mol. The quantitative estimate of drug-likeness (QED) is 0.840. The number of furan rings is 1. The molecule has 0 unspecified atom stereocenters. The van der Waals surface area contributed by atoms with Crippen LogP contribution in [0.25, 0.3) is 0 Å². The van der Waals surface area contributed by atoms with Gasteiger partial charge < -0.3 is 15.5 Å².